The highest BCUT2D eigenvalue weighted by Crippen LogP contribution is 2.23. The van der Waals surface area contributed by atoms with Gasteiger partial charge in [-0.05, 0) is 19.1 Å². The molecule has 0 radical (unpaired) electrons. The smallest absolute Gasteiger partial charge is 0.329 e. The summed E-state index contributed by atoms with van der Waals surface area (Å²) in [7, 11) is 1.53. The molecule has 2 heterocycles. The number of imidazole rings is 1. The molecule has 0 aliphatic heterocycles. The molecule has 0 aliphatic rings. The molecule has 2 N–H and O–H groups in total. The number of hydrogen-bond acceptors (Lipinski definition) is 6. The van der Waals surface area contributed by atoms with Crippen LogP contribution < -0.4 is 16.0 Å². The first-order chi connectivity index (χ1) is 13.9. The van der Waals surface area contributed by atoms with Crippen LogP contribution in [-0.2, 0) is 13.6 Å². The summed E-state index contributed by atoms with van der Waals surface area (Å²) in [5, 5.41) is 11.6. The topological polar surface area (TPSA) is 102 Å². The maximum Gasteiger partial charge on any atom is 0.329 e. The Morgan fingerprint density at radius 2 is 2.10 bits per heavy atom. The molecule has 1 atom stereocenters. The molecule has 0 spiro atoms. The predicted molar refractivity (Wildman–Crippen MR) is 114 cm³/mol. The molecule has 154 valence electrons. The Morgan fingerprint density at radius 3 is 2.79 bits per heavy atom. The van der Waals surface area contributed by atoms with E-state index in [-0.39, 0.29) is 24.3 Å². The molecule has 3 rings (SSSR count). The Bertz CT molecular complexity index is 1130. The average Bonchev–Trinajstić information content (AvgIpc) is 3.04. The first-order valence-electron chi connectivity index (χ1n) is 8.87. The largest absolute Gasteiger partial charge is 0.491 e. The van der Waals surface area contributed by atoms with Gasteiger partial charge in [0.25, 0.3) is 5.56 Å². The lowest BCUT2D eigenvalue weighted by molar-refractivity contribution is 0.0914. The monoisotopic (exact) mass is 436 g/mol. The summed E-state index contributed by atoms with van der Waals surface area (Å²) in [5.41, 5.74) is -0.625. The molecule has 10 heteroatoms. The number of aromatic nitrogens is 4. The van der Waals surface area contributed by atoms with Crippen LogP contribution in [0.5, 0.6) is 5.75 Å². The van der Waals surface area contributed by atoms with Gasteiger partial charge in [-0.1, -0.05) is 47.6 Å². The van der Waals surface area contributed by atoms with Crippen molar-refractivity contribution >= 4 is 34.5 Å². The third-order valence-electron chi connectivity index (χ3n) is 4.13. The van der Waals surface area contributed by atoms with Crippen LogP contribution in [-0.4, -0.2) is 42.7 Å². The number of nitrogens with zero attached hydrogens (tertiary/aromatic N) is 3. The fourth-order valence-electron chi connectivity index (χ4n) is 2.70. The van der Waals surface area contributed by atoms with E-state index in [0.717, 1.165) is 0 Å². The maximum absolute atomic E-state index is 12.4. The maximum atomic E-state index is 12.4. The molecular weight excluding hydrogens is 416 g/mol. The minimum Gasteiger partial charge on any atom is -0.491 e. The summed E-state index contributed by atoms with van der Waals surface area (Å²) in [6.45, 7) is 1.89. The summed E-state index contributed by atoms with van der Waals surface area (Å²) in [6.07, 6.45) is 0.919. The second kappa shape index (κ2) is 9.34. The zero-order valence-corrected chi connectivity index (χ0v) is 17.5. The number of thioether (sulfide) groups is 1. The zero-order chi connectivity index (χ0) is 21.0. The van der Waals surface area contributed by atoms with Crippen molar-refractivity contribution in [3.8, 4) is 5.75 Å². The van der Waals surface area contributed by atoms with Gasteiger partial charge in [0, 0.05) is 17.8 Å². The van der Waals surface area contributed by atoms with Crippen molar-refractivity contribution in [3.05, 3.63) is 62.3 Å². The van der Waals surface area contributed by atoms with Crippen molar-refractivity contribution in [1.82, 2.24) is 19.1 Å². The van der Waals surface area contributed by atoms with E-state index < -0.39 is 17.4 Å². The molecule has 0 unspecified atom stereocenters. The van der Waals surface area contributed by atoms with Crippen LogP contribution in [0.2, 0.25) is 0 Å². The highest BCUT2D eigenvalue weighted by atomic mass is 35.5. The molecule has 2 aromatic heterocycles. The Morgan fingerprint density at radius 1 is 1.38 bits per heavy atom. The predicted octanol–water partition coefficient (Wildman–Crippen LogP) is 2.10. The standard InChI is InChI=1S/C19H21ClN4O4S/c1-12(20)8-9-29-19-21-16-15(17(26)22-18(27)23(16)2)24(19)10-13(25)11-28-14-6-4-3-5-7-14/h3-8,13,25H,9-11H2,1-2H3,(H,22,26,27)/t13-/m1/s1. The molecule has 3 aromatic rings. The van der Waals surface area contributed by atoms with E-state index >= 15 is 0 Å². The number of fused-ring (bicyclic) bond motifs is 1. The zero-order valence-electron chi connectivity index (χ0n) is 16.0. The second-order valence-corrected chi connectivity index (χ2v) is 7.96. The molecule has 0 amide bonds. The SMILES string of the molecule is CC(Cl)=CCSc1nc2c(c(=O)[nH]c(=O)n2C)n1C[C@@H](O)COc1ccccc1. The van der Waals surface area contributed by atoms with Crippen LogP contribution in [0.3, 0.4) is 0 Å². The van der Waals surface area contributed by atoms with E-state index in [9.17, 15) is 14.7 Å². The Labute approximate surface area is 175 Å². The van der Waals surface area contributed by atoms with Crippen LogP contribution in [0.15, 0.2) is 56.2 Å². The summed E-state index contributed by atoms with van der Waals surface area (Å²) in [5.74, 6) is 1.17. The van der Waals surface area contributed by atoms with Crippen molar-refractivity contribution in [1.29, 1.82) is 0 Å². The third-order valence-corrected chi connectivity index (χ3v) is 5.19. The van der Waals surface area contributed by atoms with Gasteiger partial charge in [-0.15, -0.1) is 0 Å². The Kier molecular flexibility index (Phi) is 6.83. The minimum atomic E-state index is -0.895. The van der Waals surface area contributed by atoms with E-state index in [2.05, 4.69) is 9.97 Å². The van der Waals surface area contributed by atoms with Gasteiger partial charge < -0.3 is 14.4 Å². The van der Waals surface area contributed by atoms with E-state index in [0.29, 0.717) is 21.7 Å². The first kappa shape index (κ1) is 21.2. The van der Waals surface area contributed by atoms with Gasteiger partial charge in [-0.3, -0.25) is 14.3 Å². The van der Waals surface area contributed by atoms with Crippen LogP contribution in [0.25, 0.3) is 11.2 Å². The number of aromatic amines is 1. The fourth-order valence-corrected chi connectivity index (χ4v) is 3.82. The summed E-state index contributed by atoms with van der Waals surface area (Å²) in [4.78, 5) is 31.1. The Balaban J connectivity index is 1.90. The number of hydrogen-bond donors (Lipinski definition) is 2. The summed E-state index contributed by atoms with van der Waals surface area (Å²) in [6, 6.07) is 9.14. The average molecular weight is 437 g/mol. The van der Waals surface area contributed by atoms with Gasteiger partial charge in [-0.2, -0.15) is 0 Å². The van der Waals surface area contributed by atoms with Crippen molar-refractivity contribution < 1.29 is 9.84 Å². The molecule has 0 fully saturated rings. The number of H-pyrrole nitrogens is 1. The van der Waals surface area contributed by atoms with Gasteiger partial charge >= 0.3 is 5.69 Å². The van der Waals surface area contributed by atoms with Gasteiger partial charge in [0.1, 0.15) is 18.5 Å². The highest BCUT2D eigenvalue weighted by molar-refractivity contribution is 7.99. The second-order valence-electron chi connectivity index (χ2n) is 6.38. The molecule has 0 aliphatic carbocycles. The quantitative estimate of drug-likeness (QED) is 0.524. The van der Waals surface area contributed by atoms with Crippen molar-refractivity contribution in [3.63, 3.8) is 0 Å². The molecule has 8 nitrogen and oxygen atoms in total. The summed E-state index contributed by atoms with van der Waals surface area (Å²) >= 11 is 7.23. The van der Waals surface area contributed by atoms with Gasteiger partial charge in [0.05, 0.1) is 6.54 Å². The van der Waals surface area contributed by atoms with Crippen LogP contribution in [0.1, 0.15) is 6.92 Å². The number of aliphatic hydroxyl groups is 1. The number of aliphatic hydroxyl groups excluding tert-OH is 1. The van der Waals surface area contributed by atoms with E-state index in [1.807, 2.05) is 24.3 Å². The number of aryl methyl sites for hydroxylation is 1. The van der Waals surface area contributed by atoms with Crippen molar-refractivity contribution in [2.24, 2.45) is 7.05 Å². The lowest BCUT2D eigenvalue weighted by Crippen LogP contribution is -2.30. The van der Waals surface area contributed by atoms with Crippen molar-refractivity contribution in [2.75, 3.05) is 12.4 Å². The fraction of sp³-hybridized carbons (Fsp3) is 0.316. The van der Waals surface area contributed by atoms with E-state index in [1.165, 1.54) is 23.4 Å². The van der Waals surface area contributed by atoms with E-state index in [1.54, 1.807) is 23.6 Å². The molecule has 0 saturated heterocycles. The molecule has 1 aromatic carbocycles. The van der Waals surface area contributed by atoms with Gasteiger partial charge in [-0.25, -0.2) is 9.78 Å². The van der Waals surface area contributed by atoms with Gasteiger partial charge in [0.15, 0.2) is 16.3 Å². The molecular formula is C19H21ClN4O4S. The highest BCUT2D eigenvalue weighted by Gasteiger charge is 2.20. The number of rotatable bonds is 8. The van der Waals surface area contributed by atoms with E-state index in [4.69, 9.17) is 16.3 Å². The lowest BCUT2D eigenvalue weighted by atomic mass is 10.3. The number of allylic oxidation sites excluding steroid dienone is 1. The van der Waals surface area contributed by atoms with Gasteiger partial charge in [0.2, 0.25) is 0 Å². The summed E-state index contributed by atoms with van der Waals surface area (Å²) < 4.78 is 8.47. The first-order valence-corrected chi connectivity index (χ1v) is 10.2. The number of halogens is 1. The van der Waals surface area contributed by atoms with Crippen LogP contribution in [0, 0.1) is 0 Å². The normalized spacial score (nSPS) is 13.0. The lowest BCUT2D eigenvalue weighted by Gasteiger charge is -2.15. The number of nitrogens with one attached hydrogen (secondary N) is 1. The van der Waals surface area contributed by atoms with Crippen LogP contribution >= 0.6 is 23.4 Å². The number of benzene rings is 1. The molecule has 0 bridgehead atoms. The van der Waals surface area contributed by atoms with Crippen LogP contribution in [0.4, 0.5) is 0 Å². The minimum absolute atomic E-state index is 0.0398. The molecule has 0 saturated carbocycles. The van der Waals surface area contributed by atoms with Crippen molar-refractivity contribution in [2.45, 2.75) is 24.7 Å². The Hall–Kier alpha value is -2.49. The number of ether oxygens (including phenoxy) is 1. The molecule has 29 heavy (non-hydrogen) atoms. The third kappa shape index (κ3) is 5.11. The number of para-hydroxylation sites is 1.